The van der Waals surface area contributed by atoms with E-state index in [1.807, 2.05) is 66.7 Å². The average molecular weight is 529 g/mol. The van der Waals surface area contributed by atoms with E-state index in [1.54, 1.807) is 30.3 Å². The highest BCUT2D eigenvalue weighted by Crippen LogP contribution is 2.31. The predicted molar refractivity (Wildman–Crippen MR) is 141 cm³/mol. The third-order valence-electron chi connectivity index (χ3n) is 5.37. The number of carbonyl (C=O) groups excluding carboxylic acids is 2. The molecular formula is C27H17BrN2O3S. The molecule has 0 spiro atoms. The number of rotatable bonds is 4. The molecule has 0 unspecified atom stereocenters. The SMILES string of the molecule is O=C1NC(=S)N(c2ccc(Oc3ccccc3)cc2)C(=O)C1=Cc1ccc2ccccc2c1Br. The molecular weight excluding hydrogens is 512 g/mol. The number of fused-ring (bicyclic) bond motifs is 1. The maximum Gasteiger partial charge on any atom is 0.270 e. The van der Waals surface area contributed by atoms with Crippen LogP contribution in [0.5, 0.6) is 11.5 Å². The fraction of sp³-hybridized carbons (Fsp3) is 0. The number of anilines is 1. The molecule has 5 rings (SSSR count). The minimum Gasteiger partial charge on any atom is -0.457 e. The molecule has 1 aliphatic heterocycles. The lowest BCUT2D eigenvalue weighted by atomic mass is 10.0. The Balaban J connectivity index is 1.46. The molecule has 34 heavy (non-hydrogen) atoms. The van der Waals surface area contributed by atoms with Gasteiger partial charge < -0.3 is 4.74 Å². The average Bonchev–Trinajstić information content (AvgIpc) is 2.85. The third-order valence-corrected chi connectivity index (χ3v) is 6.54. The summed E-state index contributed by atoms with van der Waals surface area (Å²) in [4.78, 5) is 27.4. The number of ether oxygens (including phenoxy) is 1. The van der Waals surface area contributed by atoms with Gasteiger partial charge in [0.2, 0.25) is 0 Å². The van der Waals surface area contributed by atoms with E-state index >= 15 is 0 Å². The van der Waals surface area contributed by atoms with Crippen molar-refractivity contribution in [3.8, 4) is 11.5 Å². The van der Waals surface area contributed by atoms with Crippen molar-refractivity contribution in [2.75, 3.05) is 4.90 Å². The van der Waals surface area contributed by atoms with Crippen LogP contribution in [0.4, 0.5) is 5.69 Å². The van der Waals surface area contributed by atoms with Gasteiger partial charge in [-0.05, 0) is 87.0 Å². The maximum absolute atomic E-state index is 13.4. The molecule has 0 aromatic heterocycles. The lowest BCUT2D eigenvalue weighted by molar-refractivity contribution is -0.122. The summed E-state index contributed by atoms with van der Waals surface area (Å²) in [6, 6.07) is 28.0. The van der Waals surface area contributed by atoms with E-state index in [4.69, 9.17) is 17.0 Å². The van der Waals surface area contributed by atoms with Gasteiger partial charge in [-0.25, -0.2) is 0 Å². The Kier molecular flexibility index (Phi) is 5.96. The molecule has 4 aromatic rings. The number of halogens is 1. The number of para-hydroxylation sites is 1. The van der Waals surface area contributed by atoms with Crippen LogP contribution < -0.4 is 15.0 Å². The number of carbonyl (C=O) groups is 2. The number of hydrogen-bond acceptors (Lipinski definition) is 4. The van der Waals surface area contributed by atoms with Crippen LogP contribution in [0.15, 0.2) is 101 Å². The van der Waals surface area contributed by atoms with E-state index in [0.29, 0.717) is 17.2 Å². The Labute approximate surface area is 209 Å². The van der Waals surface area contributed by atoms with E-state index in [9.17, 15) is 9.59 Å². The van der Waals surface area contributed by atoms with Crippen molar-refractivity contribution in [1.82, 2.24) is 5.32 Å². The van der Waals surface area contributed by atoms with Gasteiger partial charge in [-0.3, -0.25) is 19.8 Å². The summed E-state index contributed by atoms with van der Waals surface area (Å²) in [5.74, 6) is 0.296. The van der Waals surface area contributed by atoms with Crippen molar-refractivity contribution in [2.45, 2.75) is 0 Å². The van der Waals surface area contributed by atoms with E-state index in [1.165, 1.54) is 4.90 Å². The van der Waals surface area contributed by atoms with Crippen LogP contribution in [-0.2, 0) is 9.59 Å². The van der Waals surface area contributed by atoms with Gasteiger partial charge in [-0.15, -0.1) is 0 Å². The monoisotopic (exact) mass is 528 g/mol. The highest BCUT2D eigenvalue weighted by Gasteiger charge is 2.34. The number of thiocarbonyl (C=S) groups is 1. The topological polar surface area (TPSA) is 58.6 Å². The standard InChI is InChI=1S/C27H17BrN2O3S/c28-24-18(11-10-17-6-4-5-9-22(17)24)16-23-25(31)29-27(34)30(26(23)32)19-12-14-21(15-13-19)33-20-7-2-1-3-8-20/h1-16H,(H,29,31,34). The molecule has 7 heteroatoms. The molecule has 1 saturated heterocycles. The molecule has 1 heterocycles. The van der Waals surface area contributed by atoms with Crippen molar-refractivity contribution in [3.63, 3.8) is 0 Å². The first-order chi connectivity index (χ1) is 16.5. The van der Waals surface area contributed by atoms with Crippen molar-refractivity contribution in [3.05, 3.63) is 107 Å². The Morgan fingerprint density at radius 2 is 1.50 bits per heavy atom. The Hall–Kier alpha value is -3.81. The van der Waals surface area contributed by atoms with Crippen molar-refractivity contribution < 1.29 is 14.3 Å². The van der Waals surface area contributed by atoms with E-state index < -0.39 is 11.8 Å². The molecule has 1 aliphatic rings. The van der Waals surface area contributed by atoms with Crippen LogP contribution in [-0.4, -0.2) is 16.9 Å². The minimum atomic E-state index is -0.532. The smallest absolute Gasteiger partial charge is 0.270 e. The van der Waals surface area contributed by atoms with Crippen molar-refractivity contribution >= 4 is 67.6 Å². The summed E-state index contributed by atoms with van der Waals surface area (Å²) in [7, 11) is 0. The van der Waals surface area contributed by atoms with Gasteiger partial charge in [0.05, 0.1) is 5.69 Å². The van der Waals surface area contributed by atoms with Gasteiger partial charge in [0.1, 0.15) is 17.1 Å². The highest BCUT2D eigenvalue weighted by atomic mass is 79.9. The van der Waals surface area contributed by atoms with Gasteiger partial charge in [0.15, 0.2) is 5.11 Å². The summed E-state index contributed by atoms with van der Waals surface area (Å²) in [5.41, 5.74) is 1.24. The van der Waals surface area contributed by atoms with Crippen LogP contribution in [0.3, 0.4) is 0 Å². The largest absolute Gasteiger partial charge is 0.457 e. The molecule has 0 radical (unpaired) electrons. The normalized spacial score (nSPS) is 15.0. The zero-order valence-electron chi connectivity index (χ0n) is 17.7. The zero-order valence-corrected chi connectivity index (χ0v) is 20.1. The van der Waals surface area contributed by atoms with Gasteiger partial charge in [-0.1, -0.05) is 54.6 Å². The second-order valence-corrected chi connectivity index (χ2v) is 8.74. The molecule has 0 atom stereocenters. The molecule has 0 bridgehead atoms. The molecule has 1 N–H and O–H groups in total. The Morgan fingerprint density at radius 3 is 2.26 bits per heavy atom. The first-order valence-corrected chi connectivity index (χ1v) is 11.6. The predicted octanol–water partition coefficient (Wildman–Crippen LogP) is 6.23. The zero-order chi connectivity index (χ0) is 23.7. The van der Waals surface area contributed by atoms with Crippen LogP contribution in [0.25, 0.3) is 16.8 Å². The summed E-state index contributed by atoms with van der Waals surface area (Å²) in [6.45, 7) is 0. The lowest BCUT2D eigenvalue weighted by Gasteiger charge is -2.29. The van der Waals surface area contributed by atoms with Gasteiger partial charge in [0, 0.05) is 4.47 Å². The summed E-state index contributed by atoms with van der Waals surface area (Å²) >= 11 is 8.93. The van der Waals surface area contributed by atoms with Gasteiger partial charge >= 0.3 is 0 Å². The van der Waals surface area contributed by atoms with E-state index in [2.05, 4.69) is 21.2 Å². The number of amides is 2. The Bertz CT molecular complexity index is 1470. The highest BCUT2D eigenvalue weighted by molar-refractivity contribution is 9.10. The first-order valence-electron chi connectivity index (χ1n) is 10.4. The molecule has 4 aromatic carbocycles. The van der Waals surface area contributed by atoms with E-state index in [-0.39, 0.29) is 10.7 Å². The molecule has 0 saturated carbocycles. The van der Waals surface area contributed by atoms with Crippen LogP contribution in [0.1, 0.15) is 5.56 Å². The Morgan fingerprint density at radius 1 is 0.824 bits per heavy atom. The molecule has 2 amide bonds. The molecule has 5 nitrogen and oxygen atoms in total. The van der Waals surface area contributed by atoms with Crippen molar-refractivity contribution in [1.29, 1.82) is 0 Å². The number of hydrogen-bond donors (Lipinski definition) is 1. The van der Waals surface area contributed by atoms with Gasteiger partial charge in [0.25, 0.3) is 11.8 Å². The quantitative estimate of drug-likeness (QED) is 0.194. The number of nitrogens with zero attached hydrogens (tertiary/aromatic N) is 1. The second kappa shape index (κ2) is 9.21. The second-order valence-electron chi connectivity index (χ2n) is 7.56. The van der Waals surface area contributed by atoms with Crippen molar-refractivity contribution in [2.24, 2.45) is 0 Å². The minimum absolute atomic E-state index is 0.00538. The number of nitrogens with one attached hydrogen (secondary N) is 1. The van der Waals surface area contributed by atoms with Crippen LogP contribution in [0, 0.1) is 0 Å². The first kappa shape index (κ1) is 22.0. The summed E-state index contributed by atoms with van der Waals surface area (Å²) in [6.07, 6.45) is 1.58. The molecule has 166 valence electrons. The molecule has 0 aliphatic carbocycles. The fourth-order valence-electron chi connectivity index (χ4n) is 3.70. The van der Waals surface area contributed by atoms with Gasteiger partial charge in [-0.2, -0.15) is 0 Å². The third kappa shape index (κ3) is 4.23. The fourth-order valence-corrected chi connectivity index (χ4v) is 4.59. The maximum atomic E-state index is 13.4. The van der Waals surface area contributed by atoms with Crippen LogP contribution in [0.2, 0.25) is 0 Å². The lowest BCUT2D eigenvalue weighted by Crippen LogP contribution is -2.54. The van der Waals surface area contributed by atoms with Crippen LogP contribution >= 0.6 is 28.1 Å². The summed E-state index contributed by atoms with van der Waals surface area (Å²) in [5, 5.41) is 4.69. The van der Waals surface area contributed by atoms with E-state index in [0.717, 1.165) is 20.8 Å². The molecule has 1 fully saturated rings. The summed E-state index contributed by atoms with van der Waals surface area (Å²) < 4.78 is 6.62. The number of benzene rings is 4.